The Morgan fingerprint density at radius 2 is 2.05 bits per heavy atom. The first kappa shape index (κ1) is 14.8. The molecule has 22 heavy (non-hydrogen) atoms. The number of halogens is 2. The van der Waals surface area contributed by atoms with Gasteiger partial charge in [0.25, 0.3) is 5.91 Å². The summed E-state index contributed by atoms with van der Waals surface area (Å²) in [4.78, 5) is 21.0. The predicted octanol–water partition coefficient (Wildman–Crippen LogP) is 3.91. The summed E-state index contributed by atoms with van der Waals surface area (Å²) in [5, 5.41) is 3.57. The number of imidazole rings is 1. The lowest BCUT2D eigenvalue weighted by Crippen LogP contribution is -2.16. The molecule has 3 heterocycles. The molecule has 0 aliphatic carbocycles. The molecule has 0 spiro atoms. The third kappa shape index (κ3) is 2.65. The molecule has 0 bridgehead atoms. The van der Waals surface area contributed by atoms with Gasteiger partial charge in [0, 0.05) is 12.4 Å². The van der Waals surface area contributed by atoms with Gasteiger partial charge in [-0.1, -0.05) is 29.3 Å². The topological polar surface area (TPSA) is 59.3 Å². The van der Waals surface area contributed by atoms with E-state index in [4.69, 9.17) is 23.2 Å². The Labute approximate surface area is 136 Å². The summed E-state index contributed by atoms with van der Waals surface area (Å²) in [5.74, 6) is 0.151. The van der Waals surface area contributed by atoms with Crippen LogP contribution in [0.2, 0.25) is 10.0 Å². The fourth-order valence-corrected chi connectivity index (χ4v) is 2.69. The molecule has 0 radical (unpaired) electrons. The van der Waals surface area contributed by atoms with Crippen LogP contribution in [0.4, 0.5) is 5.82 Å². The van der Waals surface area contributed by atoms with E-state index in [1.165, 1.54) is 0 Å². The third-order valence-corrected chi connectivity index (χ3v) is 3.67. The molecule has 1 amide bonds. The summed E-state index contributed by atoms with van der Waals surface area (Å²) in [6.07, 6.45) is 3.30. The van der Waals surface area contributed by atoms with Crippen LogP contribution >= 0.6 is 23.2 Å². The highest BCUT2D eigenvalue weighted by Gasteiger charge is 2.19. The van der Waals surface area contributed by atoms with Crippen molar-refractivity contribution in [2.45, 2.75) is 13.8 Å². The number of nitrogens with zero attached hydrogens (tertiary/aromatic N) is 3. The van der Waals surface area contributed by atoms with Crippen LogP contribution in [0.3, 0.4) is 0 Å². The number of hydrogen-bond acceptors (Lipinski definition) is 3. The average Bonchev–Trinajstić information content (AvgIpc) is 2.78. The zero-order chi connectivity index (χ0) is 15.9. The van der Waals surface area contributed by atoms with E-state index < -0.39 is 0 Å². The van der Waals surface area contributed by atoms with E-state index in [2.05, 4.69) is 15.3 Å². The molecule has 0 aliphatic rings. The Morgan fingerprint density at radius 3 is 2.73 bits per heavy atom. The summed E-state index contributed by atoms with van der Waals surface area (Å²) in [5.41, 5.74) is 2.45. The van der Waals surface area contributed by atoms with Crippen LogP contribution in [0.25, 0.3) is 5.65 Å². The van der Waals surface area contributed by atoms with Crippen LogP contribution < -0.4 is 5.32 Å². The molecular formula is C15H12Cl2N4O. The van der Waals surface area contributed by atoms with E-state index >= 15 is 0 Å². The summed E-state index contributed by atoms with van der Waals surface area (Å²) in [6.45, 7) is 3.67. The molecule has 0 aromatic carbocycles. The molecule has 0 saturated carbocycles. The lowest BCUT2D eigenvalue weighted by atomic mass is 10.3. The summed E-state index contributed by atoms with van der Waals surface area (Å²) >= 11 is 12.1. The molecule has 3 aromatic heterocycles. The number of anilines is 1. The van der Waals surface area contributed by atoms with Gasteiger partial charge in [-0.25, -0.2) is 9.97 Å². The number of aromatic nitrogens is 3. The monoisotopic (exact) mass is 334 g/mol. The smallest absolute Gasteiger partial charge is 0.275 e. The van der Waals surface area contributed by atoms with Gasteiger partial charge in [-0.2, -0.15) is 0 Å². The zero-order valence-corrected chi connectivity index (χ0v) is 13.4. The number of hydrogen-bond donors (Lipinski definition) is 1. The van der Waals surface area contributed by atoms with Crippen molar-refractivity contribution < 1.29 is 4.79 Å². The third-order valence-electron chi connectivity index (χ3n) is 3.18. The molecule has 5 nitrogen and oxygen atoms in total. The zero-order valence-electron chi connectivity index (χ0n) is 11.9. The average molecular weight is 335 g/mol. The Bertz CT molecular complexity index is 871. The maximum Gasteiger partial charge on any atom is 0.275 e. The number of carbonyl (C=O) groups is 1. The molecule has 3 aromatic rings. The molecule has 0 unspecified atom stereocenters. The first-order valence-electron chi connectivity index (χ1n) is 6.53. The van der Waals surface area contributed by atoms with Crippen molar-refractivity contribution in [2.24, 2.45) is 0 Å². The fraction of sp³-hybridized carbons (Fsp3) is 0.133. The summed E-state index contributed by atoms with van der Waals surface area (Å²) < 4.78 is 1.59. The van der Waals surface area contributed by atoms with E-state index in [0.717, 1.165) is 5.56 Å². The quantitative estimate of drug-likeness (QED) is 0.772. The number of fused-ring (bicyclic) bond motifs is 1. The predicted molar refractivity (Wildman–Crippen MR) is 86.9 cm³/mol. The van der Waals surface area contributed by atoms with Gasteiger partial charge in [0.1, 0.15) is 11.5 Å². The molecular weight excluding hydrogens is 323 g/mol. The van der Waals surface area contributed by atoms with Gasteiger partial charge in [0.15, 0.2) is 5.65 Å². The van der Waals surface area contributed by atoms with E-state index in [0.29, 0.717) is 32.9 Å². The summed E-state index contributed by atoms with van der Waals surface area (Å²) in [7, 11) is 0. The Kier molecular flexibility index (Phi) is 3.76. The van der Waals surface area contributed by atoms with Gasteiger partial charge in [0.2, 0.25) is 0 Å². The second kappa shape index (κ2) is 5.59. The van der Waals surface area contributed by atoms with E-state index in [1.54, 1.807) is 35.9 Å². The summed E-state index contributed by atoms with van der Waals surface area (Å²) in [6, 6.07) is 5.21. The van der Waals surface area contributed by atoms with Gasteiger partial charge < -0.3 is 5.32 Å². The first-order chi connectivity index (χ1) is 10.5. The van der Waals surface area contributed by atoms with Crippen LogP contribution in [0.1, 0.15) is 21.7 Å². The van der Waals surface area contributed by atoms with Crippen LogP contribution in [0, 0.1) is 13.8 Å². The molecule has 112 valence electrons. The molecule has 3 rings (SSSR count). The molecule has 0 fully saturated rings. The number of rotatable bonds is 2. The van der Waals surface area contributed by atoms with Crippen molar-refractivity contribution in [2.75, 3.05) is 5.32 Å². The standard InChI is InChI=1S/C15H12Cl2N4O/c1-8-3-4-12(18-6-8)20-15(22)13-9(2)19-14-11(17)5-10(16)7-21(13)14/h3-7H,1-2H3,(H,18,20,22). The highest BCUT2D eigenvalue weighted by molar-refractivity contribution is 6.36. The van der Waals surface area contributed by atoms with Crippen LogP contribution in [0.5, 0.6) is 0 Å². The molecule has 1 N–H and O–H groups in total. The van der Waals surface area contributed by atoms with Crippen molar-refractivity contribution in [3.8, 4) is 0 Å². The van der Waals surface area contributed by atoms with Crippen LogP contribution in [-0.2, 0) is 0 Å². The first-order valence-corrected chi connectivity index (χ1v) is 7.29. The number of pyridine rings is 2. The lowest BCUT2D eigenvalue weighted by Gasteiger charge is -2.06. The van der Waals surface area contributed by atoms with Gasteiger partial charge in [0.05, 0.1) is 15.7 Å². The van der Waals surface area contributed by atoms with Gasteiger partial charge in [-0.05, 0) is 31.5 Å². The molecule has 0 aliphatic heterocycles. The SMILES string of the molecule is Cc1ccc(NC(=O)c2c(C)nc3c(Cl)cc(Cl)cn23)nc1. The van der Waals surface area contributed by atoms with Crippen molar-refractivity contribution in [3.63, 3.8) is 0 Å². The molecule has 7 heteroatoms. The number of carbonyl (C=O) groups excluding carboxylic acids is 1. The minimum absolute atomic E-state index is 0.320. The van der Waals surface area contributed by atoms with Gasteiger partial charge in [-0.3, -0.25) is 9.20 Å². The minimum atomic E-state index is -0.320. The normalized spacial score (nSPS) is 10.9. The lowest BCUT2D eigenvalue weighted by molar-refractivity contribution is 0.102. The Morgan fingerprint density at radius 1 is 1.27 bits per heavy atom. The molecule has 0 saturated heterocycles. The van der Waals surface area contributed by atoms with Gasteiger partial charge >= 0.3 is 0 Å². The van der Waals surface area contributed by atoms with E-state index in [-0.39, 0.29) is 5.91 Å². The van der Waals surface area contributed by atoms with Crippen molar-refractivity contribution >= 4 is 40.6 Å². The van der Waals surface area contributed by atoms with E-state index in [9.17, 15) is 4.79 Å². The van der Waals surface area contributed by atoms with Crippen LogP contribution in [0.15, 0.2) is 30.6 Å². The van der Waals surface area contributed by atoms with Crippen molar-refractivity contribution in [3.05, 3.63) is 57.6 Å². The van der Waals surface area contributed by atoms with Crippen molar-refractivity contribution in [1.29, 1.82) is 0 Å². The van der Waals surface area contributed by atoms with Gasteiger partial charge in [-0.15, -0.1) is 0 Å². The number of nitrogens with one attached hydrogen (secondary N) is 1. The highest BCUT2D eigenvalue weighted by Crippen LogP contribution is 2.24. The second-order valence-corrected chi connectivity index (χ2v) is 5.76. The maximum absolute atomic E-state index is 12.5. The Balaban J connectivity index is 2.03. The number of amides is 1. The van der Waals surface area contributed by atoms with E-state index in [1.807, 2.05) is 13.0 Å². The highest BCUT2D eigenvalue weighted by atomic mass is 35.5. The number of aryl methyl sites for hydroxylation is 2. The van der Waals surface area contributed by atoms with Crippen molar-refractivity contribution in [1.82, 2.24) is 14.4 Å². The Hall–Kier alpha value is -2.11. The largest absolute Gasteiger partial charge is 0.305 e. The fourth-order valence-electron chi connectivity index (χ4n) is 2.18. The minimum Gasteiger partial charge on any atom is -0.305 e. The maximum atomic E-state index is 12.5. The van der Waals surface area contributed by atoms with Crippen LogP contribution in [-0.4, -0.2) is 20.3 Å². The molecule has 0 atom stereocenters. The second-order valence-electron chi connectivity index (χ2n) is 4.92.